The molecule has 0 amide bonds. The van der Waals surface area contributed by atoms with Crippen LogP contribution in [-0.2, 0) is 19.6 Å². The number of hydrogen-bond acceptors (Lipinski definition) is 1. The zero-order chi connectivity index (χ0) is 10.9. The quantitative estimate of drug-likeness (QED) is 0.788. The van der Waals surface area contributed by atoms with E-state index in [1.54, 1.807) is 6.92 Å². The van der Waals surface area contributed by atoms with Crippen molar-refractivity contribution in [3.63, 3.8) is 0 Å². The second-order valence-corrected chi connectivity index (χ2v) is 3.08. The molecule has 3 nitrogen and oxygen atoms in total. The van der Waals surface area contributed by atoms with E-state index in [2.05, 4.69) is 0 Å². The largest absolute Gasteiger partial charge is 0.433 e. The Balaban J connectivity index is 3.30. The second-order valence-electron chi connectivity index (χ2n) is 3.08. The molecule has 1 rings (SSSR count). The van der Waals surface area contributed by atoms with E-state index < -0.39 is 17.4 Å². The van der Waals surface area contributed by atoms with Gasteiger partial charge in [0.2, 0.25) is 0 Å². The summed E-state index contributed by atoms with van der Waals surface area (Å²) >= 11 is 0. The Kier molecular flexibility index (Phi) is 2.73. The lowest BCUT2D eigenvalue weighted by molar-refractivity contribution is -0.142. The van der Waals surface area contributed by atoms with E-state index in [0.29, 0.717) is 6.42 Å². The van der Waals surface area contributed by atoms with Crippen molar-refractivity contribution in [3.05, 3.63) is 21.6 Å². The monoisotopic (exact) mass is 208 g/mol. The lowest BCUT2D eigenvalue weighted by atomic mass is 10.1. The minimum absolute atomic E-state index is 0.144. The molecular weight excluding hydrogens is 197 g/mol. The Morgan fingerprint density at radius 2 is 2.00 bits per heavy atom. The highest BCUT2D eigenvalue weighted by Gasteiger charge is 2.36. The molecule has 0 bridgehead atoms. The van der Waals surface area contributed by atoms with Crippen LogP contribution in [0, 0.1) is 0 Å². The van der Waals surface area contributed by atoms with Gasteiger partial charge in [0.25, 0.3) is 5.56 Å². The molecule has 0 aliphatic heterocycles. The molecule has 1 heterocycles. The number of halogens is 3. The number of aromatic nitrogens is 2. The van der Waals surface area contributed by atoms with Gasteiger partial charge >= 0.3 is 6.18 Å². The van der Waals surface area contributed by atoms with Gasteiger partial charge < -0.3 is 0 Å². The Morgan fingerprint density at radius 1 is 1.43 bits per heavy atom. The number of alkyl halides is 3. The molecule has 6 heteroatoms. The van der Waals surface area contributed by atoms with Gasteiger partial charge in [-0.25, -0.2) is 0 Å². The highest BCUT2D eigenvalue weighted by molar-refractivity contribution is 5.20. The first-order valence-corrected chi connectivity index (χ1v) is 4.23. The summed E-state index contributed by atoms with van der Waals surface area (Å²) in [4.78, 5) is 11.3. The summed E-state index contributed by atoms with van der Waals surface area (Å²) in [6.45, 7) is 1.73. The SMILES string of the molecule is CCCc1c(C(F)(F)F)[nH]n(C)c1=O. The highest BCUT2D eigenvalue weighted by atomic mass is 19.4. The third-order valence-corrected chi connectivity index (χ3v) is 1.93. The van der Waals surface area contributed by atoms with E-state index in [1.807, 2.05) is 5.10 Å². The normalized spacial score (nSPS) is 12.1. The predicted molar refractivity (Wildman–Crippen MR) is 45.0 cm³/mol. The van der Waals surface area contributed by atoms with Crippen molar-refractivity contribution in [2.45, 2.75) is 25.9 Å². The summed E-state index contributed by atoms with van der Waals surface area (Å²) in [7, 11) is 1.27. The van der Waals surface area contributed by atoms with Gasteiger partial charge in [0.15, 0.2) is 0 Å². The van der Waals surface area contributed by atoms with Crippen molar-refractivity contribution in [1.29, 1.82) is 0 Å². The predicted octanol–water partition coefficient (Wildman–Crippen LogP) is 1.68. The summed E-state index contributed by atoms with van der Waals surface area (Å²) in [6, 6.07) is 0. The maximum Gasteiger partial charge on any atom is 0.433 e. The van der Waals surface area contributed by atoms with Crippen LogP contribution < -0.4 is 5.56 Å². The minimum Gasteiger partial charge on any atom is -0.291 e. The van der Waals surface area contributed by atoms with Crippen LogP contribution in [0.2, 0.25) is 0 Å². The summed E-state index contributed by atoms with van der Waals surface area (Å²) in [5, 5.41) is 2.02. The molecule has 1 N–H and O–H groups in total. The third-order valence-electron chi connectivity index (χ3n) is 1.93. The highest BCUT2D eigenvalue weighted by Crippen LogP contribution is 2.29. The standard InChI is InChI=1S/C8H11F3N2O/c1-3-4-5-6(8(9,10)11)12-13(2)7(5)14/h12H,3-4H2,1-2H3. The van der Waals surface area contributed by atoms with Gasteiger partial charge in [-0.3, -0.25) is 14.6 Å². The molecule has 0 unspecified atom stereocenters. The smallest absolute Gasteiger partial charge is 0.291 e. The van der Waals surface area contributed by atoms with E-state index in [9.17, 15) is 18.0 Å². The first-order chi connectivity index (χ1) is 6.38. The van der Waals surface area contributed by atoms with Crippen molar-refractivity contribution < 1.29 is 13.2 Å². The lowest BCUT2D eigenvalue weighted by Crippen LogP contribution is -2.16. The molecule has 0 aliphatic rings. The van der Waals surface area contributed by atoms with Crippen molar-refractivity contribution in [3.8, 4) is 0 Å². The first kappa shape index (κ1) is 10.9. The van der Waals surface area contributed by atoms with Crippen LogP contribution in [0.5, 0.6) is 0 Å². The fourth-order valence-electron chi connectivity index (χ4n) is 1.31. The van der Waals surface area contributed by atoms with Crippen LogP contribution in [0.25, 0.3) is 0 Å². The molecule has 0 saturated carbocycles. The number of nitrogens with zero attached hydrogens (tertiary/aromatic N) is 1. The van der Waals surface area contributed by atoms with Crippen molar-refractivity contribution in [2.75, 3.05) is 0 Å². The Hall–Kier alpha value is -1.20. The lowest BCUT2D eigenvalue weighted by Gasteiger charge is -2.04. The summed E-state index contributed by atoms with van der Waals surface area (Å²) in [6.07, 6.45) is -3.83. The molecule has 0 atom stereocenters. The molecule has 0 radical (unpaired) electrons. The third kappa shape index (κ3) is 1.83. The fourth-order valence-corrected chi connectivity index (χ4v) is 1.31. The van der Waals surface area contributed by atoms with Crippen molar-refractivity contribution in [2.24, 2.45) is 7.05 Å². The molecule has 1 aromatic heterocycles. The number of H-pyrrole nitrogens is 1. The van der Waals surface area contributed by atoms with E-state index >= 15 is 0 Å². The molecule has 80 valence electrons. The number of aryl methyl sites for hydroxylation is 1. The number of aromatic amines is 1. The van der Waals surface area contributed by atoms with Crippen LogP contribution in [0.1, 0.15) is 24.6 Å². The number of rotatable bonds is 2. The van der Waals surface area contributed by atoms with Crippen LogP contribution >= 0.6 is 0 Å². The van der Waals surface area contributed by atoms with Crippen LogP contribution in [0.15, 0.2) is 4.79 Å². The summed E-state index contributed by atoms with van der Waals surface area (Å²) in [5.41, 5.74) is -1.70. The van der Waals surface area contributed by atoms with Gasteiger partial charge in [-0.2, -0.15) is 13.2 Å². The number of hydrogen-bond donors (Lipinski definition) is 1. The van der Waals surface area contributed by atoms with E-state index in [4.69, 9.17) is 0 Å². The van der Waals surface area contributed by atoms with E-state index in [-0.39, 0.29) is 12.0 Å². The molecule has 0 aromatic carbocycles. The molecule has 0 spiro atoms. The maximum absolute atomic E-state index is 12.4. The van der Waals surface area contributed by atoms with Gasteiger partial charge in [0.1, 0.15) is 5.69 Å². The van der Waals surface area contributed by atoms with Gasteiger partial charge in [0.05, 0.1) is 0 Å². The second kappa shape index (κ2) is 3.51. The van der Waals surface area contributed by atoms with Crippen LogP contribution in [0.3, 0.4) is 0 Å². The first-order valence-electron chi connectivity index (χ1n) is 4.23. The molecule has 0 aliphatic carbocycles. The van der Waals surface area contributed by atoms with Gasteiger partial charge in [0, 0.05) is 12.6 Å². The molecule has 14 heavy (non-hydrogen) atoms. The van der Waals surface area contributed by atoms with Crippen molar-refractivity contribution >= 4 is 0 Å². The Labute approximate surface area is 78.5 Å². The maximum atomic E-state index is 12.4. The van der Waals surface area contributed by atoms with E-state index in [1.165, 1.54) is 7.05 Å². The molecule has 1 aromatic rings. The zero-order valence-electron chi connectivity index (χ0n) is 7.90. The molecule has 0 fully saturated rings. The average Bonchev–Trinajstić information content (AvgIpc) is 2.32. The fraction of sp³-hybridized carbons (Fsp3) is 0.625. The number of nitrogens with one attached hydrogen (secondary N) is 1. The van der Waals surface area contributed by atoms with Crippen molar-refractivity contribution in [1.82, 2.24) is 9.78 Å². The topological polar surface area (TPSA) is 37.8 Å². The van der Waals surface area contributed by atoms with Crippen LogP contribution in [-0.4, -0.2) is 9.78 Å². The minimum atomic E-state index is -4.48. The average molecular weight is 208 g/mol. The van der Waals surface area contributed by atoms with Gasteiger partial charge in [-0.05, 0) is 6.42 Å². The van der Waals surface area contributed by atoms with Crippen LogP contribution in [0.4, 0.5) is 13.2 Å². The Bertz CT molecular complexity index is 375. The summed E-state index contributed by atoms with van der Waals surface area (Å²) < 4.78 is 38.0. The van der Waals surface area contributed by atoms with E-state index in [0.717, 1.165) is 4.68 Å². The molecule has 0 saturated heterocycles. The zero-order valence-corrected chi connectivity index (χ0v) is 7.90. The summed E-state index contributed by atoms with van der Waals surface area (Å²) in [5.74, 6) is 0. The molecular formula is C8H11F3N2O. The van der Waals surface area contributed by atoms with Gasteiger partial charge in [-0.1, -0.05) is 13.3 Å². The Morgan fingerprint density at radius 3 is 2.43 bits per heavy atom. The van der Waals surface area contributed by atoms with Gasteiger partial charge in [-0.15, -0.1) is 0 Å².